The molecule has 1 aromatic carbocycles. The summed E-state index contributed by atoms with van der Waals surface area (Å²) in [5.74, 6) is -1.31. The quantitative estimate of drug-likeness (QED) is 0.683. The summed E-state index contributed by atoms with van der Waals surface area (Å²) in [6.07, 6.45) is 1.59. The van der Waals surface area contributed by atoms with Gasteiger partial charge in [0.15, 0.2) is 10.4 Å². The number of halogens is 2. The van der Waals surface area contributed by atoms with Gasteiger partial charge in [-0.3, -0.25) is 4.57 Å². The molecule has 0 saturated heterocycles. The molecule has 2 heterocycles. The summed E-state index contributed by atoms with van der Waals surface area (Å²) in [6.45, 7) is 0. The number of hydrogen-bond donors (Lipinski definition) is 1. The highest BCUT2D eigenvalue weighted by atomic mass is 32.1. The van der Waals surface area contributed by atoms with Crippen LogP contribution < -0.4 is 0 Å². The fraction of sp³-hybridized carbons (Fsp3) is 0. The van der Waals surface area contributed by atoms with Gasteiger partial charge in [0.1, 0.15) is 11.6 Å². The zero-order chi connectivity index (χ0) is 12.7. The van der Waals surface area contributed by atoms with E-state index in [9.17, 15) is 8.78 Å². The van der Waals surface area contributed by atoms with Crippen molar-refractivity contribution in [2.24, 2.45) is 0 Å². The predicted molar refractivity (Wildman–Crippen MR) is 66.2 cm³/mol. The molecule has 1 N–H and O–H groups in total. The van der Waals surface area contributed by atoms with E-state index < -0.39 is 11.6 Å². The van der Waals surface area contributed by atoms with Crippen LogP contribution in [-0.2, 0) is 0 Å². The molecule has 0 spiro atoms. The second-order valence-electron chi connectivity index (χ2n) is 3.77. The van der Waals surface area contributed by atoms with Gasteiger partial charge < -0.3 is 4.98 Å². The fourth-order valence-corrected chi connectivity index (χ4v) is 2.15. The van der Waals surface area contributed by atoms with Gasteiger partial charge in [0.05, 0.1) is 11.2 Å². The molecule has 0 aliphatic rings. The molecule has 3 aromatic rings. The van der Waals surface area contributed by atoms with E-state index in [1.807, 2.05) is 0 Å². The van der Waals surface area contributed by atoms with Crippen LogP contribution >= 0.6 is 12.2 Å². The Morgan fingerprint density at radius 3 is 2.61 bits per heavy atom. The van der Waals surface area contributed by atoms with Crippen molar-refractivity contribution < 1.29 is 8.78 Å². The average Bonchev–Trinajstić information content (AvgIpc) is 2.63. The third kappa shape index (κ3) is 1.70. The molecule has 90 valence electrons. The van der Waals surface area contributed by atoms with E-state index in [0.29, 0.717) is 21.6 Å². The van der Waals surface area contributed by atoms with Crippen LogP contribution in [0.4, 0.5) is 8.78 Å². The highest BCUT2D eigenvalue weighted by Gasteiger charge is 2.09. The van der Waals surface area contributed by atoms with Crippen LogP contribution in [0, 0.1) is 16.4 Å². The molecular weight excluding hydrogens is 256 g/mol. The topological polar surface area (TPSA) is 33.6 Å². The Morgan fingerprint density at radius 1 is 1.17 bits per heavy atom. The molecule has 0 atom stereocenters. The summed E-state index contributed by atoms with van der Waals surface area (Å²) in [5.41, 5.74) is 1.56. The molecule has 0 bridgehead atoms. The van der Waals surface area contributed by atoms with Gasteiger partial charge in [0.25, 0.3) is 0 Å². The number of nitrogens with zero attached hydrogens (tertiary/aromatic N) is 2. The van der Waals surface area contributed by atoms with Crippen LogP contribution in [0.15, 0.2) is 36.5 Å². The van der Waals surface area contributed by atoms with E-state index in [1.54, 1.807) is 18.3 Å². The number of pyridine rings is 1. The molecular formula is C12H7F2N3S. The van der Waals surface area contributed by atoms with Crippen molar-refractivity contribution >= 4 is 23.4 Å². The zero-order valence-electron chi connectivity index (χ0n) is 9.02. The minimum absolute atomic E-state index is 0.308. The molecule has 3 rings (SSSR count). The first-order valence-electron chi connectivity index (χ1n) is 5.17. The zero-order valence-corrected chi connectivity index (χ0v) is 9.84. The van der Waals surface area contributed by atoms with Gasteiger partial charge in [-0.2, -0.15) is 0 Å². The number of imidazole rings is 1. The molecule has 0 aliphatic heterocycles. The van der Waals surface area contributed by atoms with Gasteiger partial charge in [-0.25, -0.2) is 13.8 Å². The Bertz CT molecular complexity index is 771. The molecule has 0 radical (unpaired) electrons. The maximum Gasteiger partial charge on any atom is 0.184 e. The van der Waals surface area contributed by atoms with Gasteiger partial charge in [0, 0.05) is 12.3 Å². The number of fused-ring (bicyclic) bond motifs is 1. The van der Waals surface area contributed by atoms with Gasteiger partial charge in [-0.15, -0.1) is 0 Å². The second-order valence-corrected chi connectivity index (χ2v) is 4.15. The van der Waals surface area contributed by atoms with E-state index in [2.05, 4.69) is 9.97 Å². The average molecular weight is 263 g/mol. The first kappa shape index (κ1) is 11.0. The lowest BCUT2D eigenvalue weighted by atomic mass is 10.3. The lowest BCUT2D eigenvalue weighted by Gasteiger charge is -2.04. The van der Waals surface area contributed by atoms with E-state index >= 15 is 0 Å². The lowest BCUT2D eigenvalue weighted by molar-refractivity contribution is 0.581. The number of benzene rings is 1. The normalized spacial score (nSPS) is 11.0. The summed E-state index contributed by atoms with van der Waals surface area (Å²) < 4.78 is 28.3. The van der Waals surface area contributed by atoms with Gasteiger partial charge in [-0.1, -0.05) is 0 Å². The fourth-order valence-electron chi connectivity index (χ4n) is 1.85. The molecule has 6 heteroatoms. The highest BCUT2D eigenvalue weighted by Crippen LogP contribution is 2.19. The largest absolute Gasteiger partial charge is 0.329 e. The number of H-pyrrole nitrogens is 1. The summed E-state index contributed by atoms with van der Waals surface area (Å²) in [7, 11) is 0. The summed E-state index contributed by atoms with van der Waals surface area (Å²) in [4.78, 5) is 7.09. The number of nitrogens with one attached hydrogen (secondary N) is 1. The molecule has 0 unspecified atom stereocenters. The molecule has 0 amide bonds. The van der Waals surface area contributed by atoms with Crippen LogP contribution in [0.3, 0.4) is 0 Å². The van der Waals surface area contributed by atoms with Crippen molar-refractivity contribution in [3.05, 3.63) is 52.9 Å². The second kappa shape index (κ2) is 3.99. The Kier molecular flexibility index (Phi) is 2.45. The molecule has 3 nitrogen and oxygen atoms in total. The summed E-state index contributed by atoms with van der Waals surface area (Å²) >= 11 is 5.14. The predicted octanol–water partition coefficient (Wildman–Crippen LogP) is 3.36. The summed E-state index contributed by atoms with van der Waals surface area (Å²) in [6, 6.07) is 6.78. The van der Waals surface area contributed by atoms with Crippen LogP contribution in [0.2, 0.25) is 0 Å². The number of aromatic nitrogens is 3. The van der Waals surface area contributed by atoms with Gasteiger partial charge in [-0.05, 0) is 36.5 Å². The lowest BCUT2D eigenvalue weighted by Crippen LogP contribution is -1.97. The number of aromatic amines is 1. The molecule has 18 heavy (non-hydrogen) atoms. The smallest absolute Gasteiger partial charge is 0.184 e. The van der Waals surface area contributed by atoms with Crippen molar-refractivity contribution in [2.45, 2.75) is 0 Å². The number of hydrogen-bond acceptors (Lipinski definition) is 2. The van der Waals surface area contributed by atoms with E-state index in [-0.39, 0.29) is 0 Å². The Morgan fingerprint density at radius 2 is 1.89 bits per heavy atom. The molecule has 2 aromatic heterocycles. The standard InChI is InChI=1S/C12H7F2N3S/c13-7-4-8(14)6-9(5-7)17-11-10(16-12(17)18)2-1-3-15-11/h1-6H,(H,16,18). The Balaban J connectivity index is 2.37. The van der Waals surface area contributed by atoms with E-state index in [1.165, 1.54) is 16.7 Å². The van der Waals surface area contributed by atoms with Crippen molar-refractivity contribution in [1.82, 2.24) is 14.5 Å². The van der Waals surface area contributed by atoms with Gasteiger partial charge in [0.2, 0.25) is 0 Å². The summed E-state index contributed by atoms with van der Waals surface area (Å²) in [5, 5.41) is 0. The van der Waals surface area contributed by atoms with Crippen LogP contribution in [0.5, 0.6) is 0 Å². The maximum absolute atomic E-state index is 13.2. The van der Waals surface area contributed by atoms with Crippen molar-refractivity contribution in [1.29, 1.82) is 0 Å². The Labute approximate surface area is 106 Å². The van der Waals surface area contributed by atoms with Crippen molar-refractivity contribution in [3.8, 4) is 5.69 Å². The first-order valence-corrected chi connectivity index (χ1v) is 5.58. The highest BCUT2D eigenvalue weighted by molar-refractivity contribution is 7.71. The van der Waals surface area contributed by atoms with Crippen LogP contribution in [0.1, 0.15) is 0 Å². The monoisotopic (exact) mass is 263 g/mol. The van der Waals surface area contributed by atoms with E-state index in [4.69, 9.17) is 12.2 Å². The van der Waals surface area contributed by atoms with Crippen molar-refractivity contribution in [3.63, 3.8) is 0 Å². The van der Waals surface area contributed by atoms with Gasteiger partial charge >= 0.3 is 0 Å². The van der Waals surface area contributed by atoms with Crippen molar-refractivity contribution in [2.75, 3.05) is 0 Å². The first-order chi connectivity index (χ1) is 8.65. The molecule has 0 aliphatic carbocycles. The Hall–Kier alpha value is -2.08. The number of rotatable bonds is 1. The third-order valence-corrected chi connectivity index (χ3v) is 2.83. The molecule has 0 saturated carbocycles. The SMILES string of the molecule is Fc1cc(F)cc(-n2c(=S)[nH]c3cccnc32)c1. The minimum atomic E-state index is -0.655. The maximum atomic E-state index is 13.2. The molecule has 0 fully saturated rings. The minimum Gasteiger partial charge on any atom is -0.329 e. The van der Waals surface area contributed by atoms with E-state index in [0.717, 1.165) is 6.07 Å². The third-order valence-electron chi connectivity index (χ3n) is 2.55. The van der Waals surface area contributed by atoms with Crippen LogP contribution in [-0.4, -0.2) is 14.5 Å². The van der Waals surface area contributed by atoms with Crippen LogP contribution in [0.25, 0.3) is 16.9 Å².